The predicted molar refractivity (Wildman–Crippen MR) is 104 cm³/mol. The SMILES string of the molecule is CC(C)(C)c1ccc(COC(=O)/C=C/c2nc3ccccc3s2)cc1. The molecule has 1 heterocycles. The van der Waals surface area contributed by atoms with Crippen LogP contribution >= 0.6 is 11.3 Å². The smallest absolute Gasteiger partial charge is 0.331 e. The van der Waals surface area contributed by atoms with Gasteiger partial charge in [-0.15, -0.1) is 11.3 Å². The number of para-hydroxylation sites is 1. The summed E-state index contributed by atoms with van der Waals surface area (Å²) in [5, 5.41) is 0.799. The zero-order valence-electron chi connectivity index (χ0n) is 14.7. The maximum atomic E-state index is 11.9. The normalized spacial score (nSPS) is 12.0. The highest BCUT2D eigenvalue weighted by molar-refractivity contribution is 7.19. The fourth-order valence-corrected chi connectivity index (χ4v) is 3.27. The van der Waals surface area contributed by atoms with Crippen LogP contribution in [-0.2, 0) is 21.6 Å². The molecule has 3 aromatic rings. The van der Waals surface area contributed by atoms with Gasteiger partial charge in [0.05, 0.1) is 10.2 Å². The van der Waals surface area contributed by atoms with E-state index in [0.717, 1.165) is 20.8 Å². The lowest BCUT2D eigenvalue weighted by molar-refractivity contribution is -0.138. The molecule has 3 nitrogen and oxygen atoms in total. The van der Waals surface area contributed by atoms with Crippen molar-refractivity contribution >= 4 is 33.6 Å². The third kappa shape index (κ3) is 4.54. The summed E-state index contributed by atoms with van der Waals surface area (Å²) < 4.78 is 6.41. The van der Waals surface area contributed by atoms with E-state index in [1.807, 2.05) is 36.4 Å². The van der Waals surface area contributed by atoms with Crippen LogP contribution in [0.1, 0.15) is 36.9 Å². The van der Waals surface area contributed by atoms with Crippen molar-refractivity contribution in [2.75, 3.05) is 0 Å². The minimum absolute atomic E-state index is 0.120. The maximum Gasteiger partial charge on any atom is 0.331 e. The van der Waals surface area contributed by atoms with Gasteiger partial charge in [0.2, 0.25) is 0 Å². The number of rotatable bonds is 4. The van der Waals surface area contributed by atoms with Crippen molar-refractivity contribution < 1.29 is 9.53 Å². The lowest BCUT2D eigenvalue weighted by Crippen LogP contribution is -2.10. The molecule has 2 aromatic carbocycles. The molecule has 0 unspecified atom stereocenters. The number of aromatic nitrogens is 1. The summed E-state index contributed by atoms with van der Waals surface area (Å²) >= 11 is 1.55. The minimum Gasteiger partial charge on any atom is -0.458 e. The van der Waals surface area contributed by atoms with Crippen molar-refractivity contribution in [3.63, 3.8) is 0 Å². The first-order valence-electron chi connectivity index (χ1n) is 8.22. The number of carbonyl (C=O) groups is 1. The number of fused-ring (bicyclic) bond motifs is 1. The Morgan fingerprint density at radius 1 is 1.12 bits per heavy atom. The van der Waals surface area contributed by atoms with E-state index in [1.54, 1.807) is 17.4 Å². The number of thiazole rings is 1. The number of carbonyl (C=O) groups excluding carboxylic acids is 1. The van der Waals surface area contributed by atoms with Gasteiger partial charge < -0.3 is 4.74 Å². The van der Waals surface area contributed by atoms with E-state index in [1.165, 1.54) is 11.6 Å². The molecule has 0 saturated heterocycles. The Hall–Kier alpha value is -2.46. The van der Waals surface area contributed by atoms with Crippen molar-refractivity contribution in [1.29, 1.82) is 0 Å². The Labute approximate surface area is 152 Å². The van der Waals surface area contributed by atoms with Gasteiger partial charge in [-0.1, -0.05) is 57.2 Å². The van der Waals surface area contributed by atoms with Gasteiger partial charge >= 0.3 is 5.97 Å². The summed E-state index contributed by atoms with van der Waals surface area (Å²) in [6, 6.07) is 16.1. The maximum absolute atomic E-state index is 11.9. The number of hydrogen-bond acceptors (Lipinski definition) is 4. The van der Waals surface area contributed by atoms with E-state index >= 15 is 0 Å². The number of ether oxygens (including phenoxy) is 1. The van der Waals surface area contributed by atoms with Gasteiger partial charge in [-0.2, -0.15) is 0 Å². The molecule has 4 heteroatoms. The standard InChI is InChI=1S/C21H21NO2S/c1-21(2,3)16-10-8-15(9-11-16)14-24-20(23)13-12-19-22-17-6-4-5-7-18(17)25-19/h4-13H,14H2,1-3H3/b13-12+. The van der Waals surface area contributed by atoms with Crippen LogP contribution in [0.2, 0.25) is 0 Å². The Bertz CT molecular complexity index is 869. The molecule has 0 spiro atoms. The lowest BCUT2D eigenvalue weighted by Gasteiger charge is -2.19. The molecule has 0 radical (unpaired) electrons. The summed E-state index contributed by atoms with van der Waals surface area (Å²) in [5.41, 5.74) is 3.31. The van der Waals surface area contributed by atoms with Gasteiger partial charge in [0.25, 0.3) is 0 Å². The van der Waals surface area contributed by atoms with E-state index in [2.05, 4.69) is 37.9 Å². The monoisotopic (exact) mass is 351 g/mol. The molecule has 0 N–H and O–H groups in total. The Morgan fingerprint density at radius 2 is 1.84 bits per heavy atom. The second kappa shape index (κ2) is 7.19. The fraction of sp³-hybridized carbons (Fsp3) is 0.238. The van der Waals surface area contributed by atoms with E-state index in [9.17, 15) is 4.79 Å². The van der Waals surface area contributed by atoms with Crippen LogP contribution in [0.3, 0.4) is 0 Å². The molecule has 0 amide bonds. The van der Waals surface area contributed by atoms with Crippen LogP contribution in [-0.4, -0.2) is 11.0 Å². The van der Waals surface area contributed by atoms with Crippen LogP contribution in [0.25, 0.3) is 16.3 Å². The average molecular weight is 351 g/mol. The first kappa shape index (κ1) is 17.4. The summed E-state index contributed by atoms with van der Waals surface area (Å²) in [5.74, 6) is -0.362. The number of hydrogen-bond donors (Lipinski definition) is 0. The van der Waals surface area contributed by atoms with Crippen molar-refractivity contribution in [1.82, 2.24) is 4.98 Å². The topological polar surface area (TPSA) is 39.2 Å². The van der Waals surface area contributed by atoms with E-state index in [4.69, 9.17) is 4.74 Å². The molecular weight excluding hydrogens is 330 g/mol. The van der Waals surface area contributed by atoms with Gasteiger partial charge in [-0.3, -0.25) is 0 Å². The number of benzene rings is 2. The molecule has 128 valence electrons. The molecule has 25 heavy (non-hydrogen) atoms. The minimum atomic E-state index is -0.362. The summed E-state index contributed by atoms with van der Waals surface area (Å²) in [7, 11) is 0. The highest BCUT2D eigenvalue weighted by Gasteiger charge is 2.12. The predicted octanol–water partition coefficient (Wildman–Crippen LogP) is 5.35. The summed E-state index contributed by atoms with van der Waals surface area (Å²) in [4.78, 5) is 16.4. The third-order valence-corrected chi connectivity index (χ3v) is 4.88. The highest BCUT2D eigenvalue weighted by atomic mass is 32.1. The van der Waals surface area contributed by atoms with Crippen molar-refractivity contribution in [3.05, 3.63) is 70.7 Å². The van der Waals surface area contributed by atoms with E-state index < -0.39 is 0 Å². The molecule has 0 atom stereocenters. The van der Waals surface area contributed by atoms with Crippen LogP contribution in [0, 0.1) is 0 Å². The molecule has 0 aliphatic rings. The second-order valence-electron chi connectivity index (χ2n) is 6.91. The van der Waals surface area contributed by atoms with Crippen molar-refractivity contribution in [2.24, 2.45) is 0 Å². The Morgan fingerprint density at radius 3 is 2.52 bits per heavy atom. The lowest BCUT2D eigenvalue weighted by atomic mass is 9.87. The molecule has 0 aliphatic carbocycles. The van der Waals surface area contributed by atoms with Gasteiger partial charge in [-0.25, -0.2) is 9.78 Å². The highest BCUT2D eigenvalue weighted by Crippen LogP contribution is 2.23. The zero-order chi connectivity index (χ0) is 17.9. The van der Waals surface area contributed by atoms with Crippen LogP contribution in [0.4, 0.5) is 0 Å². The Balaban J connectivity index is 1.57. The molecular formula is C21H21NO2S. The van der Waals surface area contributed by atoms with Gasteiger partial charge in [0.15, 0.2) is 0 Å². The fourth-order valence-electron chi connectivity index (χ4n) is 2.40. The number of esters is 1. The van der Waals surface area contributed by atoms with Gasteiger partial charge in [0, 0.05) is 6.08 Å². The van der Waals surface area contributed by atoms with E-state index in [-0.39, 0.29) is 18.0 Å². The third-order valence-electron chi connectivity index (χ3n) is 3.87. The summed E-state index contributed by atoms with van der Waals surface area (Å²) in [6.07, 6.45) is 3.14. The molecule has 3 rings (SSSR count). The molecule has 1 aromatic heterocycles. The second-order valence-corrected chi connectivity index (χ2v) is 7.97. The van der Waals surface area contributed by atoms with Crippen molar-refractivity contribution in [2.45, 2.75) is 32.8 Å². The Kier molecular flexibility index (Phi) is 5.00. The molecule has 0 saturated carbocycles. The van der Waals surface area contributed by atoms with Crippen LogP contribution < -0.4 is 0 Å². The van der Waals surface area contributed by atoms with Gasteiger partial charge in [0.1, 0.15) is 11.6 Å². The largest absolute Gasteiger partial charge is 0.458 e. The quantitative estimate of drug-likeness (QED) is 0.470. The first-order valence-corrected chi connectivity index (χ1v) is 9.03. The number of nitrogens with zero attached hydrogens (tertiary/aromatic N) is 1. The van der Waals surface area contributed by atoms with Gasteiger partial charge in [-0.05, 0) is 34.8 Å². The molecule has 0 fully saturated rings. The zero-order valence-corrected chi connectivity index (χ0v) is 15.5. The molecule has 0 aliphatic heterocycles. The van der Waals surface area contributed by atoms with Crippen molar-refractivity contribution in [3.8, 4) is 0 Å². The summed E-state index contributed by atoms with van der Waals surface area (Å²) in [6.45, 7) is 6.80. The van der Waals surface area contributed by atoms with E-state index in [0.29, 0.717) is 0 Å². The van der Waals surface area contributed by atoms with Crippen LogP contribution in [0.15, 0.2) is 54.6 Å². The average Bonchev–Trinajstić information content (AvgIpc) is 3.00. The first-order chi connectivity index (χ1) is 11.9. The molecule has 0 bridgehead atoms. The van der Waals surface area contributed by atoms with Crippen LogP contribution in [0.5, 0.6) is 0 Å².